The molecule has 0 aliphatic heterocycles. The molecule has 2 rings (SSSR count). The maximum Gasteiger partial charge on any atom is 0.413 e. The van der Waals surface area contributed by atoms with Gasteiger partial charge in [0.25, 0.3) is 0 Å². The third-order valence-corrected chi connectivity index (χ3v) is 3.01. The lowest BCUT2D eigenvalue weighted by Crippen LogP contribution is -2.34. The second-order valence-corrected chi connectivity index (χ2v) is 4.92. The van der Waals surface area contributed by atoms with Gasteiger partial charge in [0.15, 0.2) is 5.11 Å². The van der Waals surface area contributed by atoms with Crippen LogP contribution in [-0.2, 0) is 11.3 Å². The van der Waals surface area contributed by atoms with Crippen LogP contribution in [0.2, 0.25) is 0 Å². The number of nitrogens with one attached hydrogen (secondary N) is 2. The van der Waals surface area contributed by atoms with Crippen molar-refractivity contribution in [3.8, 4) is 0 Å². The van der Waals surface area contributed by atoms with Gasteiger partial charge in [-0.2, -0.15) is 0 Å². The van der Waals surface area contributed by atoms with Crippen LogP contribution in [0.4, 0.5) is 10.5 Å². The van der Waals surface area contributed by atoms with Crippen LogP contribution in [0.5, 0.6) is 0 Å². The quantitative estimate of drug-likeness (QED) is 0.347. The number of carbonyl (C=O) groups is 1. The van der Waals surface area contributed by atoms with Crippen molar-refractivity contribution in [1.29, 1.82) is 0 Å². The first kappa shape index (κ1) is 16.4. The molecule has 0 fully saturated rings. The lowest BCUT2D eigenvalue weighted by Gasteiger charge is -2.10. The molecule has 0 aliphatic carbocycles. The summed E-state index contributed by atoms with van der Waals surface area (Å²) in [6.07, 6.45) is 0.678. The van der Waals surface area contributed by atoms with Crippen LogP contribution in [0, 0.1) is 0 Å². The molecule has 0 spiro atoms. The zero-order chi connectivity index (χ0) is 16.5. The van der Waals surface area contributed by atoms with E-state index < -0.39 is 6.09 Å². The molecule has 0 saturated heterocycles. The molecule has 0 aliphatic rings. The molecule has 0 aromatic heterocycles. The molecule has 6 nitrogen and oxygen atoms in total. The van der Waals surface area contributed by atoms with Gasteiger partial charge in [0.2, 0.25) is 0 Å². The highest BCUT2D eigenvalue weighted by atomic mass is 32.1. The van der Waals surface area contributed by atoms with Crippen LogP contribution in [-0.4, -0.2) is 22.6 Å². The highest BCUT2D eigenvalue weighted by Gasteiger charge is 2.06. The fraction of sp³-hybridized carbons (Fsp3) is 0.0625. The van der Waals surface area contributed by atoms with Gasteiger partial charge >= 0.3 is 6.09 Å². The minimum Gasteiger partial charge on any atom is -0.444 e. The zero-order valence-corrected chi connectivity index (χ0v) is 12.9. The van der Waals surface area contributed by atoms with Crippen LogP contribution >= 0.6 is 12.2 Å². The van der Waals surface area contributed by atoms with E-state index in [1.807, 2.05) is 30.3 Å². The zero-order valence-electron chi connectivity index (χ0n) is 12.1. The summed E-state index contributed by atoms with van der Waals surface area (Å²) in [5.74, 6) is 0. The molecule has 3 N–H and O–H groups in total. The Balaban J connectivity index is 1.78. The number of hydrogen-bond donors (Lipinski definition) is 3. The number of thiocarbonyl (C=S) groups is 1. The van der Waals surface area contributed by atoms with E-state index >= 15 is 0 Å². The molecule has 1 amide bonds. The van der Waals surface area contributed by atoms with Crippen molar-refractivity contribution in [2.24, 2.45) is 5.16 Å². The van der Waals surface area contributed by atoms with Gasteiger partial charge in [-0.1, -0.05) is 47.6 Å². The lowest BCUT2D eigenvalue weighted by atomic mass is 10.2. The number of nitrogens with zero attached hydrogens (tertiary/aromatic N) is 1. The smallest absolute Gasteiger partial charge is 0.413 e. The van der Waals surface area contributed by atoms with Gasteiger partial charge in [-0.15, -0.1) is 0 Å². The number of oxime groups is 1. The Labute approximate surface area is 138 Å². The van der Waals surface area contributed by atoms with Crippen LogP contribution in [0.25, 0.3) is 0 Å². The topological polar surface area (TPSA) is 83.0 Å². The Morgan fingerprint density at radius 3 is 2.52 bits per heavy atom. The first-order valence-corrected chi connectivity index (χ1v) is 7.14. The fourth-order valence-corrected chi connectivity index (χ4v) is 1.93. The van der Waals surface area contributed by atoms with Crippen molar-refractivity contribution in [1.82, 2.24) is 5.32 Å². The number of hydrogen-bond acceptors (Lipinski definition) is 5. The van der Waals surface area contributed by atoms with Crippen molar-refractivity contribution >= 4 is 35.3 Å². The molecule has 0 heterocycles. The molecule has 118 valence electrons. The monoisotopic (exact) mass is 329 g/mol. The number of carbonyl (C=O) groups excluding carboxylic acids is 1. The van der Waals surface area contributed by atoms with Crippen molar-refractivity contribution in [2.45, 2.75) is 6.61 Å². The summed E-state index contributed by atoms with van der Waals surface area (Å²) in [6.45, 7) is 0.171. The van der Waals surface area contributed by atoms with E-state index in [1.54, 1.807) is 24.3 Å². The van der Waals surface area contributed by atoms with E-state index in [0.29, 0.717) is 5.69 Å². The van der Waals surface area contributed by atoms with Gasteiger partial charge in [0.1, 0.15) is 6.61 Å². The van der Waals surface area contributed by atoms with E-state index in [1.165, 1.54) is 6.21 Å². The molecule has 0 saturated carbocycles. The maximum absolute atomic E-state index is 11.7. The van der Waals surface area contributed by atoms with Crippen molar-refractivity contribution in [3.05, 3.63) is 65.7 Å². The van der Waals surface area contributed by atoms with Gasteiger partial charge in [-0.25, -0.2) is 4.79 Å². The number of anilines is 1. The fourth-order valence-electron chi connectivity index (χ4n) is 1.73. The molecule has 7 heteroatoms. The predicted molar refractivity (Wildman–Crippen MR) is 91.8 cm³/mol. The standard InChI is InChI=1S/C16H15N3O3S/c20-16(22-11-13-4-2-1-3-5-13)19-15(23)18-14-8-6-12(7-9-14)10-17-21/h1-10,21H,11H2,(H2,18,19,20,23). The van der Waals surface area contributed by atoms with Gasteiger partial charge in [-0.05, 0) is 35.5 Å². The number of rotatable bonds is 4. The molecule has 2 aromatic carbocycles. The van der Waals surface area contributed by atoms with E-state index in [-0.39, 0.29) is 11.7 Å². The summed E-state index contributed by atoms with van der Waals surface area (Å²) in [5, 5.41) is 16.8. The second kappa shape index (κ2) is 8.50. The number of amides is 1. The first-order chi connectivity index (χ1) is 11.2. The maximum atomic E-state index is 11.7. The molecule has 0 atom stereocenters. The summed E-state index contributed by atoms with van der Waals surface area (Å²) >= 11 is 5.04. The average molecular weight is 329 g/mol. The minimum atomic E-state index is -0.629. The summed E-state index contributed by atoms with van der Waals surface area (Å²) in [4.78, 5) is 11.7. The second-order valence-electron chi connectivity index (χ2n) is 4.51. The van der Waals surface area contributed by atoms with E-state index in [9.17, 15) is 4.79 Å². The number of benzene rings is 2. The van der Waals surface area contributed by atoms with Crippen molar-refractivity contribution < 1.29 is 14.7 Å². The summed E-state index contributed by atoms with van der Waals surface area (Å²) in [7, 11) is 0. The van der Waals surface area contributed by atoms with Crippen molar-refractivity contribution in [2.75, 3.05) is 5.32 Å². The van der Waals surface area contributed by atoms with Gasteiger partial charge in [-0.3, -0.25) is 5.32 Å². The summed E-state index contributed by atoms with van der Waals surface area (Å²) in [5.41, 5.74) is 2.32. The van der Waals surface area contributed by atoms with Crippen LogP contribution in [0.15, 0.2) is 59.8 Å². The summed E-state index contributed by atoms with van der Waals surface area (Å²) in [6, 6.07) is 16.3. The third-order valence-electron chi connectivity index (χ3n) is 2.80. The Hall–Kier alpha value is -2.93. The highest BCUT2D eigenvalue weighted by Crippen LogP contribution is 2.08. The molecule has 0 unspecified atom stereocenters. The highest BCUT2D eigenvalue weighted by molar-refractivity contribution is 7.80. The molecule has 0 bridgehead atoms. The molecular formula is C16H15N3O3S. The molecular weight excluding hydrogens is 314 g/mol. The SMILES string of the molecule is O=C(NC(=S)Nc1ccc(C=NO)cc1)OCc1ccccc1. The van der Waals surface area contributed by atoms with Crippen LogP contribution in [0.3, 0.4) is 0 Å². The molecule has 23 heavy (non-hydrogen) atoms. The Kier molecular flexibility index (Phi) is 6.07. The Bertz CT molecular complexity index is 687. The van der Waals surface area contributed by atoms with Crippen LogP contribution < -0.4 is 10.6 Å². The third kappa shape index (κ3) is 5.76. The first-order valence-electron chi connectivity index (χ1n) is 6.73. The minimum absolute atomic E-state index is 0.131. The lowest BCUT2D eigenvalue weighted by molar-refractivity contribution is 0.145. The van der Waals surface area contributed by atoms with Gasteiger partial charge < -0.3 is 15.3 Å². The van der Waals surface area contributed by atoms with Crippen molar-refractivity contribution in [3.63, 3.8) is 0 Å². The Morgan fingerprint density at radius 1 is 1.17 bits per heavy atom. The van der Waals surface area contributed by atoms with Gasteiger partial charge in [0, 0.05) is 5.69 Å². The number of ether oxygens (including phenoxy) is 1. The average Bonchev–Trinajstić information content (AvgIpc) is 2.56. The normalized spacial score (nSPS) is 10.3. The Morgan fingerprint density at radius 2 is 1.87 bits per heavy atom. The predicted octanol–water partition coefficient (Wildman–Crippen LogP) is 3.12. The van der Waals surface area contributed by atoms with Gasteiger partial charge in [0.05, 0.1) is 6.21 Å². The van der Waals surface area contributed by atoms with Crippen LogP contribution in [0.1, 0.15) is 11.1 Å². The largest absolute Gasteiger partial charge is 0.444 e. The molecule has 2 aromatic rings. The number of alkyl carbamates (subject to hydrolysis) is 1. The summed E-state index contributed by atoms with van der Waals surface area (Å²) < 4.78 is 5.06. The van der Waals surface area contributed by atoms with E-state index in [4.69, 9.17) is 22.2 Å². The molecule has 0 radical (unpaired) electrons. The van der Waals surface area contributed by atoms with E-state index in [2.05, 4.69) is 15.8 Å². The van der Waals surface area contributed by atoms with E-state index in [0.717, 1.165) is 11.1 Å².